The lowest BCUT2D eigenvalue weighted by atomic mass is 10.2. The average molecular weight is 352 g/mol. The molecule has 0 spiro atoms. The lowest BCUT2D eigenvalue weighted by Crippen LogP contribution is -2.05. The second-order valence-electron chi connectivity index (χ2n) is 4.21. The van der Waals surface area contributed by atoms with E-state index in [-0.39, 0.29) is 5.82 Å². The van der Waals surface area contributed by atoms with Crippen LogP contribution in [0, 0.1) is 17.0 Å². The quantitative estimate of drug-likeness (QED) is 0.644. The molecule has 0 saturated heterocycles. The second-order valence-corrected chi connectivity index (χ2v) is 5.00. The van der Waals surface area contributed by atoms with Crippen LogP contribution in [0.1, 0.15) is 15.9 Å². The number of carboxylic acids is 1. The first-order chi connectivity index (χ1) is 9.90. The molecule has 21 heavy (non-hydrogen) atoms. The molecular weight excluding hydrogens is 342 g/mol. The van der Waals surface area contributed by atoms with Gasteiger partial charge in [0.1, 0.15) is 17.6 Å². The first-order valence-corrected chi connectivity index (χ1v) is 6.59. The van der Waals surface area contributed by atoms with Crippen LogP contribution in [0.15, 0.2) is 34.9 Å². The number of aromatic nitrogens is 1. The van der Waals surface area contributed by atoms with Gasteiger partial charge in [0.2, 0.25) is 0 Å². The van der Waals surface area contributed by atoms with Gasteiger partial charge in [-0.05, 0) is 34.5 Å². The summed E-state index contributed by atoms with van der Waals surface area (Å²) in [5.41, 5.74) is 0.714. The largest absolute Gasteiger partial charge is 0.477 e. The van der Waals surface area contributed by atoms with Crippen molar-refractivity contribution >= 4 is 39.1 Å². The highest BCUT2D eigenvalue weighted by Gasteiger charge is 2.21. The second kappa shape index (κ2) is 5.88. The zero-order valence-corrected chi connectivity index (χ0v) is 12.4. The number of aromatic carboxylic acids is 1. The first kappa shape index (κ1) is 14.9. The smallest absolute Gasteiger partial charge is 0.342 e. The van der Waals surface area contributed by atoms with E-state index in [1.165, 1.54) is 0 Å². The summed E-state index contributed by atoms with van der Waals surface area (Å²) >= 11 is 3.41. The van der Waals surface area contributed by atoms with Crippen LogP contribution in [0.2, 0.25) is 0 Å². The van der Waals surface area contributed by atoms with Gasteiger partial charge in [-0.25, -0.2) is 9.78 Å². The minimum Gasteiger partial charge on any atom is -0.477 e. The van der Waals surface area contributed by atoms with Gasteiger partial charge in [-0.1, -0.05) is 12.1 Å². The van der Waals surface area contributed by atoms with Gasteiger partial charge in [0.25, 0.3) is 0 Å². The number of halogens is 1. The summed E-state index contributed by atoms with van der Waals surface area (Å²) in [6, 6.07) is 6.64. The number of nitrogens with one attached hydrogen (secondary N) is 1. The zero-order valence-electron chi connectivity index (χ0n) is 10.8. The van der Waals surface area contributed by atoms with Crippen LogP contribution in [0.5, 0.6) is 0 Å². The van der Waals surface area contributed by atoms with Crippen LogP contribution >= 0.6 is 15.9 Å². The summed E-state index contributed by atoms with van der Waals surface area (Å²) in [5.74, 6) is -1.17. The zero-order chi connectivity index (χ0) is 15.6. The van der Waals surface area contributed by atoms with Crippen LogP contribution in [-0.4, -0.2) is 21.0 Å². The lowest BCUT2D eigenvalue weighted by molar-refractivity contribution is -0.385. The van der Waals surface area contributed by atoms with Gasteiger partial charge < -0.3 is 10.4 Å². The van der Waals surface area contributed by atoms with Crippen LogP contribution in [0.25, 0.3) is 0 Å². The maximum Gasteiger partial charge on any atom is 0.342 e. The Morgan fingerprint density at radius 2 is 2.19 bits per heavy atom. The number of nitro groups is 1. The molecule has 1 aromatic heterocycles. The van der Waals surface area contributed by atoms with Crippen LogP contribution in [-0.2, 0) is 0 Å². The molecule has 0 bridgehead atoms. The summed E-state index contributed by atoms with van der Waals surface area (Å²) < 4.78 is 0.807. The average Bonchev–Trinajstić information content (AvgIpc) is 2.43. The predicted octanol–water partition coefficient (Wildman–Crippen LogP) is 3.50. The van der Waals surface area contributed by atoms with Crippen molar-refractivity contribution in [1.82, 2.24) is 4.98 Å². The third kappa shape index (κ3) is 3.16. The van der Waals surface area contributed by atoms with Crippen molar-refractivity contribution in [2.75, 3.05) is 5.32 Å². The maximum absolute atomic E-state index is 11.1. The van der Waals surface area contributed by atoms with Crippen LogP contribution < -0.4 is 5.32 Å². The van der Waals surface area contributed by atoms with E-state index in [0.717, 1.165) is 22.3 Å². The van der Waals surface area contributed by atoms with E-state index in [9.17, 15) is 14.9 Å². The number of carbonyl (C=O) groups is 1. The van der Waals surface area contributed by atoms with Gasteiger partial charge in [0.15, 0.2) is 0 Å². The van der Waals surface area contributed by atoms with Gasteiger partial charge in [-0.15, -0.1) is 0 Å². The van der Waals surface area contributed by atoms with Gasteiger partial charge in [-0.2, -0.15) is 0 Å². The molecule has 1 aromatic carbocycles. The van der Waals surface area contributed by atoms with Crippen molar-refractivity contribution in [3.8, 4) is 0 Å². The van der Waals surface area contributed by atoms with Crippen LogP contribution in [0.3, 0.4) is 0 Å². The fraction of sp³-hybridized carbons (Fsp3) is 0.0769. The van der Waals surface area contributed by atoms with Gasteiger partial charge in [-0.3, -0.25) is 10.1 Å². The van der Waals surface area contributed by atoms with Crippen molar-refractivity contribution in [3.05, 3.63) is 56.2 Å². The van der Waals surface area contributed by atoms with E-state index in [2.05, 4.69) is 26.2 Å². The summed E-state index contributed by atoms with van der Waals surface area (Å²) in [4.78, 5) is 24.9. The third-order valence-electron chi connectivity index (χ3n) is 2.76. The lowest BCUT2D eigenvalue weighted by Gasteiger charge is -2.10. The van der Waals surface area contributed by atoms with E-state index >= 15 is 0 Å². The molecule has 0 radical (unpaired) electrons. The fourth-order valence-electron chi connectivity index (χ4n) is 1.72. The van der Waals surface area contributed by atoms with Crippen molar-refractivity contribution in [1.29, 1.82) is 0 Å². The SMILES string of the molecule is Cc1cccc(Nc2cc(C(=O)O)c([N+](=O)[O-])cn2)c1Br. The summed E-state index contributed by atoms with van der Waals surface area (Å²) in [5, 5.41) is 22.7. The Morgan fingerprint density at radius 3 is 2.81 bits per heavy atom. The Bertz CT molecular complexity index is 733. The monoisotopic (exact) mass is 351 g/mol. The molecule has 8 heteroatoms. The standard InChI is InChI=1S/C13H10BrN3O4/c1-7-3-2-4-9(12(7)14)16-11-5-8(13(18)19)10(6-15-11)17(20)21/h2-6H,1H3,(H,15,16)(H,18,19). The summed E-state index contributed by atoms with van der Waals surface area (Å²) in [7, 11) is 0. The Kier molecular flexibility index (Phi) is 4.18. The number of nitrogens with zero attached hydrogens (tertiary/aromatic N) is 2. The Labute approximate surface area is 127 Å². The molecule has 2 rings (SSSR count). The van der Waals surface area contributed by atoms with Crippen molar-refractivity contribution in [2.24, 2.45) is 0 Å². The molecule has 0 aliphatic rings. The topological polar surface area (TPSA) is 105 Å². The molecule has 2 N–H and O–H groups in total. The number of pyridine rings is 1. The molecular formula is C13H10BrN3O4. The number of hydrogen-bond donors (Lipinski definition) is 2. The summed E-state index contributed by atoms with van der Waals surface area (Å²) in [6.07, 6.45) is 0.926. The van der Waals surface area contributed by atoms with Gasteiger partial charge in [0, 0.05) is 10.5 Å². The van der Waals surface area contributed by atoms with Gasteiger partial charge in [0.05, 0.1) is 10.6 Å². The minimum absolute atomic E-state index is 0.212. The third-order valence-corrected chi connectivity index (χ3v) is 3.82. The number of aryl methyl sites for hydroxylation is 1. The number of rotatable bonds is 4. The van der Waals surface area contributed by atoms with Gasteiger partial charge >= 0.3 is 11.7 Å². The van der Waals surface area contributed by atoms with E-state index in [0.29, 0.717) is 5.69 Å². The normalized spacial score (nSPS) is 10.2. The molecule has 0 aliphatic heterocycles. The number of benzene rings is 1. The van der Waals surface area contributed by atoms with E-state index in [1.54, 1.807) is 6.07 Å². The highest BCUT2D eigenvalue weighted by molar-refractivity contribution is 9.10. The van der Waals surface area contributed by atoms with Crippen LogP contribution in [0.4, 0.5) is 17.2 Å². The Morgan fingerprint density at radius 1 is 1.48 bits per heavy atom. The van der Waals surface area contributed by atoms with E-state index in [4.69, 9.17) is 5.11 Å². The molecule has 1 heterocycles. The highest BCUT2D eigenvalue weighted by atomic mass is 79.9. The minimum atomic E-state index is -1.38. The number of hydrogen-bond acceptors (Lipinski definition) is 5. The maximum atomic E-state index is 11.1. The summed E-state index contributed by atoms with van der Waals surface area (Å²) in [6.45, 7) is 1.90. The molecule has 0 aliphatic carbocycles. The molecule has 2 aromatic rings. The molecule has 0 unspecified atom stereocenters. The van der Waals surface area contributed by atoms with E-state index in [1.807, 2.05) is 19.1 Å². The Balaban J connectivity index is 2.42. The van der Waals surface area contributed by atoms with E-state index < -0.39 is 22.1 Å². The molecule has 0 amide bonds. The molecule has 0 saturated carbocycles. The number of carboxylic acid groups (broad SMARTS) is 1. The fourth-order valence-corrected chi connectivity index (χ4v) is 2.08. The first-order valence-electron chi connectivity index (χ1n) is 5.80. The number of anilines is 2. The Hall–Kier alpha value is -2.48. The van der Waals surface area contributed by atoms with Crippen molar-refractivity contribution in [2.45, 2.75) is 6.92 Å². The molecule has 108 valence electrons. The molecule has 0 fully saturated rings. The molecule has 0 atom stereocenters. The van der Waals surface area contributed by atoms with Crippen molar-refractivity contribution in [3.63, 3.8) is 0 Å². The predicted molar refractivity (Wildman–Crippen MR) is 80.0 cm³/mol. The van der Waals surface area contributed by atoms with Crippen molar-refractivity contribution < 1.29 is 14.8 Å². The highest BCUT2D eigenvalue weighted by Crippen LogP contribution is 2.29. The molecule has 7 nitrogen and oxygen atoms in total.